The van der Waals surface area contributed by atoms with Gasteiger partial charge in [-0.05, 0) is 50.6 Å². The molecular weight excluding hydrogens is 352 g/mol. The van der Waals surface area contributed by atoms with Crippen LogP contribution in [0.25, 0.3) is 0 Å². The first-order chi connectivity index (χ1) is 13.5. The third-order valence-corrected chi connectivity index (χ3v) is 5.41. The van der Waals surface area contributed by atoms with Crippen molar-refractivity contribution in [3.8, 4) is 0 Å². The molecule has 1 aliphatic heterocycles. The number of carbonyl (C=O) groups excluding carboxylic acids is 1. The number of aromatic nitrogens is 1. The van der Waals surface area contributed by atoms with Crippen LogP contribution in [0.1, 0.15) is 35.5 Å². The van der Waals surface area contributed by atoms with E-state index in [9.17, 15) is 4.79 Å². The molecule has 150 valence electrons. The number of pyridine rings is 1. The van der Waals surface area contributed by atoms with Gasteiger partial charge in [-0.2, -0.15) is 0 Å². The van der Waals surface area contributed by atoms with Crippen molar-refractivity contribution >= 4 is 11.6 Å². The summed E-state index contributed by atoms with van der Waals surface area (Å²) in [5, 5.41) is 6.56. The number of benzene rings is 1. The molecule has 0 saturated carbocycles. The molecule has 3 rings (SSSR count). The number of ether oxygens (including phenoxy) is 1. The SMILES string of the molecule is CO[C@@H]1CN(C(C)C)C[C@H]1NC(=O)c1cccc(NCc2ccccn2)c1C. The number of anilines is 1. The van der Waals surface area contributed by atoms with Gasteiger partial charge in [-0.1, -0.05) is 12.1 Å². The highest BCUT2D eigenvalue weighted by atomic mass is 16.5. The number of amides is 1. The van der Waals surface area contributed by atoms with Crippen LogP contribution in [-0.4, -0.2) is 54.2 Å². The zero-order valence-corrected chi connectivity index (χ0v) is 17.1. The Hall–Kier alpha value is -2.44. The third-order valence-electron chi connectivity index (χ3n) is 5.41. The Morgan fingerprint density at radius 2 is 2.07 bits per heavy atom. The predicted molar refractivity (Wildman–Crippen MR) is 112 cm³/mol. The third kappa shape index (κ3) is 4.69. The molecule has 2 aromatic rings. The number of carbonyl (C=O) groups is 1. The van der Waals surface area contributed by atoms with Gasteiger partial charge in [-0.15, -0.1) is 0 Å². The average molecular weight is 383 g/mol. The van der Waals surface area contributed by atoms with Crippen molar-refractivity contribution in [2.45, 2.75) is 45.5 Å². The van der Waals surface area contributed by atoms with Crippen molar-refractivity contribution in [3.63, 3.8) is 0 Å². The smallest absolute Gasteiger partial charge is 0.251 e. The lowest BCUT2D eigenvalue weighted by molar-refractivity contribution is 0.0753. The van der Waals surface area contributed by atoms with E-state index in [0.717, 1.165) is 30.0 Å². The van der Waals surface area contributed by atoms with Crippen LogP contribution in [0, 0.1) is 6.92 Å². The first-order valence-corrected chi connectivity index (χ1v) is 9.80. The van der Waals surface area contributed by atoms with Crippen LogP contribution in [0.5, 0.6) is 0 Å². The van der Waals surface area contributed by atoms with Crippen molar-refractivity contribution in [3.05, 3.63) is 59.4 Å². The molecule has 0 unspecified atom stereocenters. The van der Waals surface area contributed by atoms with Crippen molar-refractivity contribution in [1.29, 1.82) is 0 Å². The van der Waals surface area contributed by atoms with E-state index in [4.69, 9.17) is 4.74 Å². The lowest BCUT2D eigenvalue weighted by Crippen LogP contribution is -2.44. The first kappa shape index (κ1) is 20.3. The van der Waals surface area contributed by atoms with Gasteiger partial charge in [0.25, 0.3) is 5.91 Å². The molecule has 1 saturated heterocycles. The summed E-state index contributed by atoms with van der Waals surface area (Å²) >= 11 is 0. The van der Waals surface area contributed by atoms with E-state index in [0.29, 0.717) is 18.2 Å². The summed E-state index contributed by atoms with van der Waals surface area (Å²) in [6, 6.07) is 12.0. The maximum absolute atomic E-state index is 13.0. The minimum atomic E-state index is -0.0587. The highest BCUT2D eigenvalue weighted by Crippen LogP contribution is 2.21. The van der Waals surface area contributed by atoms with Crippen LogP contribution < -0.4 is 10.6 Å². The van der Waals surface area contributed by atoms with Crippen molar-refractivity contribution in [2.75, 3.05) is 25.5 Å². The number of likely N-dealkylation sites (tertiary alicyclic amines) is 1. The lowest BCUT2D eigenvalue weighted by Gasteiger charge is -2.20. The van der Waals surface area contributed by atoms with E-state index in [-0.39, 0.29) is 18.1 Å². The molecule has 0 aliphatic carbocycles. The molecule has 2 atom stereocenters. The van der Waals surface area contributed by atoms with E-state index < -0.39 is 0 Å². The Kier molecular flexibility index (Phi) is 6.65. The first-order valence-electron chi connectivity index (χ1n) is 9.80. The summed E-state index contributed by atoms with van der Waals surface area (Å²) in [6.45, 7) is 8.56. The maximum Gasteiger partial charge on any atom is 0.251 e. The predicted octanol–water partition coefficient (Wildman–Crippen LogP) is 2.84. The molecule has 0 radical (unpaired) electrons. The van der Waals surface area contributed by atoms with Crippen molar-refractivity contribution < 1.29 is 9.53 Å². The second-order valence-electron chi connectivity index (χ2n) is 7.55. The van der Waals surface area contributed by atoms with Crippen LogP contribution in [0.15, 0.2) is 42.6 Å². The van der Waals surface area contributed by atoms with Crippen LogP contribution in [0.4, 0.5) is 5.69 Å². The fraction of sp³-hybridized carbons (Fsp3) is 0.455. The second-order valence-corrected chi connectivity index (χ2v) is 7.55. The van der Waals surface area contributed by atoms with Gasteiger partial charge in [0.15, 0.2) is 0 Å². The molecule has 1 aromatic carbocycles. The molecule has 1 aliphatic rings. The summed E-state index contributed by atoms with van der Waals surface area (Å²) in [5.74, 6) is -0.0587. The highest BCUT2D eigenvalue weighted by molar-refractivity contribution is 5.97. The van der Waals surface area contributed by atoms with Gasteiger partial charge in [-0.3, -0.25) is 14.7 Å². The molecule has 6 nitrogen and oxygen atoms in total. The zero-order valence-electron chi connectivity index (χ0n) is 17.1. The van der Waals surface area contributed by atoms with Gasteiger partial charge < -0.3 is 15.4 Å². The molecule has 0 spiro atoms. The summed E-state index contributed by atoms with van der Waals surface area (Å²) in [4.78, 5) is 19.6. The Balaban J connectivity index is 1.68. The average Bonchev–Trinajstić information content (AvgIpc) is 3.11. The van der Waals surface area contributed by atoms with Gasteiger partial charge in [0.1, 0.15) is 0 Å². The summed E-state index contributed by atoms with van der Waals surface area (Å²) in [6.07, 6.45) is 1.79. The van der Waals surface area contributed by atoms with Gasteiger partial charge >= 0.3 is 0 Å². The van der Waals surface area contributed by atoms with Crippen LogP contribution in [-0.2, 0) is 11.3 Å². The molecule has 28 heavy (non-hydrogen) atoms. The van der Waals surface area contributed by atoms with E-state index in [2.05, 4.69) is 34.4 Å². The fourth-order valence-corrected chi connectivity index (χ4v) is 3.61. The molecule has 1 aromatic heterocycles. The highest BCUT2D eigenvalue weighted by Gasteiger charge is 2.35. The Bertz CT molecular complexity index is 794. The van der Waals surface area contributed by atoms with Crippen LogP contribution in [0.3, 0.4) is 0 Å². The number of methoxy groups -OCH3 is 1. The molecule has 1 fully saturated rings. The van der Waals surface area contributed by atoms with Gasteiger partial charge in [-0.25, -0.2) is 0 Å². The normalized spacial score (nSPS) is 19.8. The summed E-state index contributed by atoms with van der Waals surface area (Å²) in [7, 11) is 1.71. The molecule has 0 bridgehead atoms. The Morgan fingerprint density at radius 3 is 2.75 bits per heavy atom. The molecule has 2 N–H and O–H groups in total. The van der Waals surface area contributed by atoms with Gasteiger partial charge in [0.05, 0.1) is 24.4 Å². The van der Waals surface area contributed by atoms with Gasteiger partial charge in [0.2, 0.25) is 0 Å². The van der Waals surface area contributed by atoms with Crippen molar-refractivity contribution in [2.24, 2.45) is 0 Å². The van der Waals surface area contributed by atoms with E-state index in [1.165, 1.54) is 0 Å². The minimum Gasteiger partial charge on any atom is -0.379 e. The Morgan fingerprint density at radius 1 is 1.25 bits per heavy atom. The molecule has 6 heteroatoms. The molecule has 1 amide bonds. The number of hydrogen-bond donors (Lipinski definition) is 2. The van der Waals surface area contributed by atoms with Crippen molar-refractivity contribution in [1.82, 2.24) is 15.2 Å². The lowest BCUT2D eigenvalue weighted by atomic mass is 10.0. The Labute approximate surface area is 167 Å². The van der Waals surface area contributed by atoms with Crippen LogP contribution in [0.2, 0.25) is 0 Å². The molecule has 2 heterocycles. The van der Waals surface area contributed by atoms with Crippen LogP contribution >= 0.6 is 0 Å². The second kappa shape index (κ2) is 9.17. The standard InChI is InChI=1S/C22H30N4O2/c1-15(2)26-13-20(21(14-26)28-4)25-22(27)18-9-7-10-19(16(18)3)24-12-17-8-5-6-11-23-17/h5-11,15,20-21,24H,12-14H2,1-4H3,(H,25,27)/t20-,21-/m1/s1. The number of hydrogen-bond acceptors (Lipinski definition) is 5. The number of nitrogens with zero attached hydrogens (tertiary/aromatic N) is 2. The zero-order chi connectivity index (χ0) is 20.1. The topological polar surface area (TPSA) is 66.5 Å². The number of rotatable bonds is 7. The quantitative estimate of drug-likeness (QED) is 0.771. The van der Waals surface area contributed by atoms with E-state index in [1.54, 1.807) is 13.3 Å². The number of nitrogens with one attached hydrogen (secondary N) is 2. The summed E-state index contributed by atoms with van der Waals surface area (Å²) < 4.78 is 5.61. The monoisotopic (exact) mass is 382 g/mol. The minimum absolute atomic E-state index is 0.00978. The summed E-state index contributed by atoms with van der Waals surface area (Å²) in [5.41, 5.74) is 3.52. The van der Waals surface area contributed by atoms with E-state index in [1.807, 2.05) is 43.3 Å². The maximum atomic E-state index is 13.0. The van der Waals surface area contributed by atoms with E-state index >= 15 is 0 Å². The largest absolute Gasteiger partial charge is 0.379 e. The van der Waals surface area contributed by atoms with Gasteiger partial charge in [0, 0.05) is 43.7 Å². The molecular formula is C22H30N4O2. The fourth-order valence-electron chi connectivity index (χ4n) is 3.61.